The van der Waals surface area contributed by atoms with Crippen LogP contribution < -0.4 is 0 Å². The molecule has 18 heavy (non-hydrogen) atoms. The van der Waals surface area contributed by atoms with Gasteiger partial charge in [0.2, 0.25) is 0 Å². The van der Waals surface area contributed by atoms with Crippen LogP contribution in [0, 0.1) is 0 Å². The van der Waals surface area contributed by atoms with E-state index in [1.54, 1.807) is 0 Å². The summed E-state index contributed by atoms with van der Waals surface area (Å²) in [5, 5.41) is 0. The summed E-state index contributed by atoms with van der Waals surface area (Å²) in [4.78, 5) is 0. The molecule has 0 atom stereocenters. The van der Waals surface area contributed by atoms with Gasteiger partial charge in [0.15, 0.2) is 0 Å². The van der Waals surface area contributed by atoms with Gasteiger partial charge < -0.3 is 0 Å². The van der Waals surface area contributed by atoms with Crippen molar-refractivity contribution in [2.75, 3.05) is 0 Å². The van der Waals surface area contributed by atoms with Crippen LogP contribution in [0.3, 0.4) is 0 Å². The summed E-state index contributed by atoms with van der Waals surface area (Å²) in [7, 11) is 11.1. The van der Waals surface area contributed by atoms with Gasteiger partial charge in [0.05, 0.1) is 0 Å². The van der Waals surface area contributed by atoms with Gasteiger partial charge >= 0.3 is 128 Å². The molecule has 6 heteroatoms. The molecular weight excluding hydrogens is 421 g/mol. The number of hydrogen-bond donors (Lipinski definition) is 0. The zero-order valence-electron chi connectivity index (χ0n) is 13.8. The summed E-state index contributed by atoms with van der Waals surface area (Å²) in [6.07, 6.45) is 0. The third-order valence-electron chi connectivity index (χ3n) is 2.45. The molecule has 0 radical (unpaired) electrons. The van der Waals surface area contributed by atoms with Gasteiger partial charge in [0.1, 0.15) is 0 Å². The topological polar surface area (TPSA) is 0 Å². The van der Waals surface area contributed by atoms with Gasteiger partial charge in [-0.2, -0.15) is 0 Å². The van der Waals surface area contributed by atoms with Crippen LogP contribution in [0.15, 0.2) is 0 Å². The summed E-state index contributed by atoms with van der Waals surface area (Å²) in [5.74, 6) is 0. The van der Waals surface area contributed by atoms with Crippen molar-refractivity contribution in [3.8, 4) is 0 Å². The summed E-state index contributed by atoms with van der Waals surface area (Å²) in [6.45, 7) is 21.9. The first-order valence-corrected chi connectivity index (χ1v) is 29.8. The fraction of sp³-hybridized carbons (Fsp3) is 1.00. The Morgan fingerprint density at radius 2 is 0.722 bits per heavy atom. The SMILES string of the molecule is C[Si](C)(C)[CH2][Sb-2]([Cl])([Cl])([CH2][Si](C)(C)C)[CH2][Si](C)(C)C. The third kappa shape index (κ3) is 9.88. The zero-order chi connectivity index (χ0) is 15.1. The van der Waals surface area contributed by atoms with Crippen molar-refractivity contribution >= 4 is 57.0 Å². The first-order valence-electron chi connectivity index (χ1n) is 6.85. The predicted octanol–water partition coefficient (Wildman–Crippen LogP) is 6.49. The van der Waals surface area contributed by atoms with Gasteiger partial charge in [0.25, 0.3) is 0 Å². The Kier molecular flexibility index (Phi) is 6.33. The van der Waals surface area contributed by atoms with Crippen molar-refractivity contribution in [2.24, 2.45) is 0 Å². The second-order valence-electron chi connectivity index (χ2n) is 9.61. The maximum absolute atomic E-state index is 7.32. The molecule has 0 fully saturated rings. The van der Waals surface area contributed by atoms with Crippen molar-refractivity contribution in [3.05, 3.63) is 0 Å². The molecule has 0 spiro atoms. The standard InChI is InChI=1S/3C4H11Si.2ClH.Sb/c3*1-5(2,3)4;;;/h3*1H2,2-4H3;2*1H;/p-2. The van der Waals surface area contributed by atoms with Gasteiger partial charge in [0, 0.05) is 0 Å². The van der Waals surface area contributed by atoms with Crippen LogP contribution in [0.25, 0.3) is 0 Å². The van der Waals surface area contributed by atoms with Crippen LogP contribution in [0.1, 0.15) is 0 Å². The van der Waals surface area contributed by atoms with Gasteiger partial charge in [-0.1, -0.05) is 0 Å². The zero-order valence-corrected chi connectivity index (χ0v) is 20.9. The van der Waals surface area contributed by atoms with E-state index in [9.17, 15) is 0 Å². The molecule has 0 aliphatic heterocycles. The normalized spacial score (nSPS) is 17.4. The molecule has 0 rings (SSSR count). The van der Waals surface area contributed by atoms with Crippen LogP contribution >= 0.6 is 17.7 Å². The van der Waals surface area contributed by atoms with E-state index in [0.29, 0.717) is 0 Å². The van der Waals surface area contributed by atoms with Crippen molar-refractivity contribution in [3.63, 3.8) is 0 Å². The van der Waals surface area contributed by atoms with Crippen LogP contribution in [-0.4, -0.2) is 39.3 Å². The number of halogens is 2. The Morgan fingerprint density at radius 3 is 0.833 bits per heavy atom. The molecule has 0 aliphatic rings. The van der Waals surface area contributed by atoms with Gasteiger partial charge in [-0.05, 0) is 0 Å². The number of hydrogen-bond acceptors (Lipinski definition) is 0. The summed E-state index contributed by atoms with van der Waals surface area (Å²) < 4.78 is 3.66. The van der Waals surface area contributed by atoms with E-state index < -0.39 is 39.3 Å². The van der Waals surface area contributed by atoms with Crippen molar-refractivity contribution < 1.29 is 0 Å². The van der Waals surface area contributed by atoms with E-state index in [2.05, 4.69) is 58.9 Å². The molecule has 0 aromatic rings. The Morgan fingerprint density at radius 1 is 0.556 bits per heavy atom. The minimum absolute atomic E-state index is 1.19. The number of rotatable bonds is 6. The van der Waals surface area contributed by atoms with Gasteiger partial charge in [-0.15, -0.1) is 0 Å². The fourth-order valence-electron chi connectivity index (χ4n) is 3.26. The van der Waals surface area contributed by atoms with Crippen molar-refractivity contribution in [2.45, 2.75) is 70.9 Å². The minimum atomic E-state index is -3.40. The van der Waals surface area contributed by atoms with Gasteiger partial charge in [-0.25, -0.2) is 0 Å². The van der Waals surface area contributed by atoms with Crippen LogP contribution in [0.5, 0.6) is 0 Å². The molecule has 0 aliphatic carbocycles. The molecule has 0 nitrogen and oxygen atoms in total. The van der Waals surface area contributed by atoms with E-state index in [1.807, 2.05) is 0 Å². The quantitative estimate of drug-likeness (QED) is 0.403. The average Bonchev–Trinajstić information content (AvgIpc) is 1.62. The van der Waals surface area contributed by atoms with Crippen molar-refractivity contribution in [1.82, 2.24) is 0 Å². The van der Waals surface area contributed by atoms with E-state index in [1.165, 1.54) is 12.0 Å². The van der Waals surface area contributed by atoms with Gasteiger partial charge in [-0.3, -0.25) is 0 Å². The predicted molar refractivity (Wildman–Crippen MR) is 102 cm³/mol. The first kappa shape index (κ1) is 20.0. The average molecular weight is 454 g/mol. The molecular formula is C12H33Cl2SbSi3-2. The summed E-state index contributed by atoms with van der Waals surface area (Å²) in [5.41, 5.74) is 0. The molecule has 0 bridgehead atoms. The van der Waals surface area contributed by atoms with Crippen LogP contribution in [0.2, 0.25) is 70.9 Å². The van der Waals surface area contributed by atoms with E-state index in [0.717, 1.165) is 0 Å². The van der Waals surface area contributed by atoms with E-state index in [-0.39, 0.29) is 0 Å². The second kappa shape index (κ2) is 5.68. The monoisotopic (exact) mass is 452 g/mol. The van der Waals surface area contributed by atoms with Crippen LogP contribution in [0.4, 0.5) is 0 Å². The van der Waals surface area contributed by atoms with E-state index in [4.69, 9.17) is 17.7 Å². The summed E-state index contributed by atoms with van der Waals surface area (Å²) in [6, 6.07) is 0. The molecule has 0 heterocycles. The molecule has 0 saturated carbocycles. The van der Waals surface area contributed by atoms with E-state index >= 15 is 0 Å². The Hall–Kier alpha value is 2.05. The molecule has 0 amide bonds. The third-order valence-corrected chi connectivity index (χ3v) is 63.8. The second-order valence-corrected chi connectivity index (χ2v) is 55.4. The summed E-state index contributed by atoms with van der Waals surface area (Å²) >= 11 is -3.40. The molecule has 0 saturated heterocycles. The van der Waals surface area contributed by atoms with Crippen LogP contribution in [-0.2, 0) is 0 Å². The molecule has 0 unspecified atom stereocenters. The molecule has 0 N–H and O–H groups in total. The Labute approximate surface area is 127 Å². The maximum atomic E-state index is 7.32. The fourth-order valence-corrected chi connectivity index (χ4v) is 116. The Bertz CT molecular complexity index is 250. The molecule has 0 aromatic heterocycles. The van der Waals surface area contributed by atoms with Crippen molar-refractivity contribution in [1.29, 1.82) is 0 Å². The Balaban J connectivity index is 5.38. The first-order chi connectivity index (χ1) is 7.40. The molecule has 0 aromatic carbocycles. The molecule has 114 valence electrons.